The Hall–Kier alpha value is -0.570. The van der Waals surface area contributed by atoms with Gasteiger partial charge < -0.3 is 9.64 Å². The monoisotopic (exact) mass is 255 g/mol. The SMILES string of the molecule is CC(C)(C)CC(=O)N1CCOC(CC(C)(C)C)C1. The van der Waals surface area contributed by atoms with Crippen LogP contribution in [-0.4, -0.2) is 36.6 Å². The molecule has 0 N–H and O–H groups in total. The first-order valence-electron chi connectivity index (χ1n) is 6.96. The maximum Gasteiger partial charge on any atom is 0.223 e. The molecule has 1 atom stereocenters. The molecule has 0 aliphatic carbocycles. The van der Waals surface area contributed by atoms with Crippen molar-refractivity contribution in [2.75, 3.05) is 19.7 Å². The van der Waals surface area contributed by atoms with Crippen LogP contribution >= 0.6 is 0 Å². The van der Waals surface area contributed by atoms with Crippen molar-refractivity contribution in [2.24, 2.45) is 10.8 Å². The van der Waals surface area contributed by atoms with Crippen molar-refractivity contribution in [3.63, 3.8) is 0 Å². The average molecular weight is 255 g/mol. The van der Waals surface area contributed by atoms with E-state index in [0.717, 1.165) is 19.5 Å². The van der Waals surface area contributed by atoms with Gasteiger partial charge in [0.05, 0.1) is 12.7 Å². The number of amides is 1. The van der Waals surface area contributed by atoms with Gasteiger partial charge in [0.15, 0.2) is 0 Å². The van der Waals surface area contributed by atoms with Gasteiger partial charge in [-0.3, -0.25) is 4.79 Å². The van der Waals surface area contributed by atoms with Crippen LogP contribution in [0.2, 0.25) is 0 Å². The van der Waals surface area contributed by atoms with E-state index in [0.29, 0.717) is 13.0 Å². The van der Waals surface area contributed by atoms with Crippen molar-refractivity contribution >= 4 is 5.91 Å². The molecule has 0 aromatic rings. The molecule has 18 heavy (non-hydrogen) atoms. The molecule has 1 unspecified atom stereocenters. The van der Waals surface area contributed by atoms with Crippen LogP contribution in [0.4, 0.5) is 0 Å². The summed E-state index contributed by atoms with van der Waals surface area (Å²) in [5.74, 6) is 0.268. The molecular weight excluding hydrogens is 226 g/mol. The molecule has 0 spiro atoms. The van der Waals surface area contributed by atoms with E-state index < -0.39 is 0 Å². The summed E-state index contributed by atoms with van der Waals surface area (Å²) in [4.78, 5) is 14.2. The molecule has 1 amide bonds. The summed E-state index contributed by atoms with van der Waals surface area (Å²) >= 11 is 0. The normalized spacial score (nSPS) is 22.1. The Morgan fingerprint density at radius 3 is 2.28 bits per heavy atom. The predicted octanol–water partition coefficient (Wildman–Crippen LogP) is 3.09. The van der Waals surface area contributed by atoms with Gasteiger partial charge in [-0.05, 0) is 17.3 Å². The zero-order valence-corrected chi connectivity index (χ0v) is 12.9. The molecule has 0 saturated carbocycles. The van der Waals surface area contributed by atoms with Crippen LogP contribution in [0.15, 0.2) is 0 Å². The number of rotatable bonds is 2. The molecule has 1 heterocycles. The average Bonchev–Trinajstić information content (AvgIpc) is 2.12. The van der Waals surface area contributed by atoms with Crippen LogP contribution < -0.4 is 0 Å². The summed E-state index contributed by atoms with van der Waals surface area (Å²) in [6.07, 6.45) is 1.82. The topological polar surface area (TPSA) is 29.5 Å². The maximum absolute atomic E-state index is 12.2. The zero-order chi connectivity index (χ0) is 14.0. The summed E-state index contributed by atoms with van der Waals surface area (Å²) in [5, 5.41) is 0. The molecule has 3 nitrogen and oxygen atoms in total. The molecule has 3 heteroatoms. The molecule has 0 bridgehead atoms. The van der Waals surface area contributed by atoms with Crippen LogP contribution in [0.25, 0.3) is 0 Å². The minimum absolute atomic E-state index is 0.0644. The van der Waals surface area contributed by atoms with Crippen molar-refractivity contribution in [1.29, 1.82) is 0 Å². The van der Waals surface area contributed by atoms with Gasteiger partial charge in [-0.2, -0.15) is 0 Å². The van der Waals surface area contributed by atoms with Gasteiger partial charge in [-0.15, -0.1) is 0 Å². The highest BCUT2D eigenvalue weighted by molar-refractivity contribution is 5.76. The molecule has 0 aromatic carbocycles. The fourth-order valence-corrected chi connectivity index (χ4v) is 2.32. The largest absolute Gasteiger partial charge is 0.375 e. The van der Waals surface area contributed by atoms with Crippen molar-refractivity contribution in [2.45, 2.75) is 60.5 Å². The number of morpholine rings is 1. The predicted molar refractivity (Wildman–Crippen MR) is 74.5 cm³/mol. The van der Waals surface area contributed by atoms with E-state index in [4.69, 9.17) is 4.74 Å². The van der Waals surface area contributed by atoms with Gasteiger partial charge in [-0.25, -0.2) is 0 Å². The molecular formula is C15H29NO2. The number of hydrogen-bond donors (Lipinski definition) is 0. The second kappa shape index (κ2) is 5.60. The first-order valence-corrected chi connectivity index (χ1v) is 6.96. The lowest BCUT2D eigenvalue weighted by Crippen LogP contribution is -2.47. The highest BCUT2D eigenvalue weighted by Gasteiger charge is 2.29. The summed E-state index contributed by atoms with van der Waals surface area (Å²) in [7, 11) is 0. The van der Waals surface area contributed by atoms with Crippen molar-refractivity contribution in [3.05, 3.63) is 0 Å². The first-order chi connectivity index (χ1) is 8.07. The molecule has 0 aromatic heterocycles. The first kappa shape index (κ1) is 15.5. The van der Waals surface area contributed by atoms with E-state index in [9.17, 15) is 4.79 Å². The summed E-state index contributed by atoms with van der Waals surface area (Å²) in [6.45, 7) is 15.1. The molecule has 1 fully saturated rings. The number of nitrogens with zero attached hydrogens (tertiary/aromatic N) is 1. The van der Waals surface area contributed by atoms with Crippen molar-refractivity contribution in [3.8, 4) is 0 Å². The Bertz CT molecular complexity index is 286. The molecule has 1 saturated heterocycles. The Kier molecular flexibility index (Phi) is 4.82. The van der Waals surface area contributed by atoms with Crippen LogP contribution in [0.1, 0.15) is 54.4 Å². The fraction of sp³-hybridized carbons (Fsp3) is 0.933. The van der Waals surface area contributed by atoms with E-state index in [1.165, 1.54) is 0 Å². The lowest BCUT2D eigenvalue weighted by atomic mass is 9.88. The summed E-state index contributed by atoms with van der Waals surface area (Å²) in [6, 6.07) is 0. The molecule has 0 radical (unpaired) electrons. The van der Waals surface area contributed by atoms with Crippen LogP contribution in [-0.2, 0) is 9.53 Å². The quantitative estimate of drug-likeness (QED) is 0.759. The second-order valence-electron chi connectivity index (χ2n) is 7.83. The van der Waals surface area contributed by atoms with Crippen molar-refractivity contribution in [1.82, 2.24) is 4.90 Å². The minimum Gasteiger partial charge on any atom is -0.375 e. The lowest BCUT2D eigenvalue weighted by Gasteiger charge is -2.37. The van der Waals surface area contributed by atoms with Gasteiger partial charge in [0, 0.05) is 19.5 Å². The van der Waals surface area contributed by atoms with E-state index in [-0.39, 0.29) is 22.8 Å². The third-order valence-electron chi connectivity index (χ3n) is 3.01. The minimum atomic E-state index is 0.0644. The van der Waals surface area contributed by atoms with E-state index >= 15 is 0 Å². The van der Waals surface area contributed by atoms with Gasteiger partial charge >= 0.3 is 0 Å². The highest BCUT2D eigenvalue weighted by Crippen LogP contribution is 2.26. The van der Waals surface area contributed by atoms with Gasteiger partial charge in [0.2, 0.25) is 5.91 Å². The Morgan fingerprint density at radius 2 is 1.78 bits per heavy atom. The van der Waals surface area contributed by atoms with Crippen molar-refractivity contribution < 1.29 is 9.53 Å². The van der Waals surface area contributed by atoms with Crippen LogP contribution in [0, 0.1) is 10.8 Å². The van der Waals surface area contributed by atoms with E-state index in [2.05, 4.69) is 41.5 Å². The number of hydrogen-bond acceptors (Lipinski definition) is 2. The van der Waals surface area contributed by atoms with Crippen LogP contribution in [0.5, 0.6) is 0 Å². The van der Waals surface area contributed by atoms with E-state index in [1.54, 1.807) is 0 Å². The standard InChI is InChI=1S/C15H29NO2/c1-14(2,3)9-12-11-16(7-8-18-12)13(17)10-15(4,5)6/h12H,7-11H2,1-6H3. The second-order valence-corrected chi connectivity index (χ2v) is 7.83. The summed E-state index contributed by atoms with van der Waals surface area (Å²) in [5.41, 5.74) is 0.315. The van der Waals surface area contributed by atoms with Gasteiger partial charge in [0.1, 0.15) is 0 Å². The fourth-order valence-electron chi connectivity index (χ4n) is 2.32. The number of carbonyl (C=O) groups is 1. The Morgan fingerprint density at radius 1 is 1.17 bits per heavy atom. The zero-order valence-electron chi connectivity index (χ0n) is 12.9. The number of ether oxygens (including phenoxy) is 1. The van der Waals surface area contributed by atoms with Gasteiger partial charge in [-0.1, -0.05) is 41.5 Å². The van der Waals surface area contributed by atoms with Crippen LogP contribution in [0.3, 0.4) is 0 Å². The maximum atomic E-state index is 12.2. The molecule has 1 aliphatic heterocycles. The smallest absolute Gasteiger partial charge is 0.223 e. The molecule has 1 rings (SSSR count). The molecule has 1 aliphatic rings. The van der Waals surface area contributed by atoms with Gasteiger partial charge in [0.25, 0.3) is 0 Å². The Labute approximate surface area is 112 Å². The summed E-state index contributed by atoms with van der Waals surface area (Å²) < 4.78 is 5.77. The molecule has 106 valence electrons. The lowest BCUT2D eigenvalue weighted by molar-refractivity contribution is -0.141. The van der Waals surface area contributed by atoms with E-state index in [1.807, 2.05) is 4.90 Å². The number of carbonyl (C=O) groups excluding carboxylic acids is 1. The third kappa shape index (κ3) is 5.85. The Balaban J connectivity index is 2.51. The third-order valence-corrected chi connectivity index (χ3v) is 3.01. The highest BCUT2D eigenvalue weighted by atomic mass is 16.5.